The third-order valence-corrected chi connectivity index (χ3v) is 8.21. The zero-order valence-corrected chi connectivity index (χ0v) is 13.4. The molecule has 0 aliphatic carbocycles. The number of carboxylic acid groups (broad SMARTS) is 1. The summed E-state index contributed by atoms with van der Waals surface area (Å²) in [7, 11) is -1.95. The minimum Gasteiger partial charge on any atom is -0.481 e. The summed E-state index contributed by atoms with van der Waals surface area (Å²) in [5.41, 5.74) is 0. The molecular weight excluding hydrogens is 260 g/mol. The van der Waals surface area contributed by atoms with Crippen LogP contribution in [0.1, 0.15) is 45.5 Å². The summed E-state index contributed by atoms with van der Waals surface area (Å²) in [6.07, 6.45) is 1.85. The van der Waals surface area contributed by atoms with Crippen molar-refractivity contribution in [1.29, 1.82) is 0 Å². The molecule has 1 unspecified atom stereocenters. The van der Waals surface area contributed by atoms with Gasteiger partial charge in [0.1, 0.15) is 11.9 Å². The lowest BCUT2D eigenvalue weighted by atomic mass is 10.1. The van der Waals surface area contributed by atoms with Gasteiger partial charge in [0.2, 0.25) is 0 Å². The number of aliphatic carboxylic acids is 1. The number of rotatable bonds is 6. The lowest BCUT2D eigenvalue weighted by Gasteiger charge is -2.38. The Morgan fingerprint density at radius 2 is 2.11 bits per heavy atom. The number of carboxylic acids is 1. The first kappa shape index (κ1) is 16.0. The van der Waals surface area contributed by atoms with Crippen molar-refractivity contribution in [3.63, 3.8) is 0 Å². The van der Waals surface area contributed by atoms with Crippen LogP contribution < -0.4 is 0 Å². The molecule has 0 radical (unpaired) electrons. The highest BCUT2D eigenvalue weighted by Gasteiger charge is 2.40. The quantitative estimate of drug-likeness (QED) is 0.795. The molecule has 1 N–H and O–H groups in total. The molecule has 0 saturated heterocycles. The first-order valence-corrected chi connectivity index (χ1v) is 9.47. The van der Waals surface area contributed by atoms with Crippen molar-refractivity contribution in [3.05, 3.63) is 24.2 Å². The fourth-order valence-electron chi connectivity index (χ4n) is 1.52. The lowest BCUT2D eigenvalue weighted by Crippen LogP contribution is -2.41. The van der Waals surface area contributed by atoms with E-state index in [4.69, 9.17) is 13.9 Å². The summed E-state index contributed by atoms with van der Waals surface area (Å²) in [5, 5.41) is 8.93. The van der Waals surface area contributed by atoms with Gasteiger partial charge in [-0.1, -0.05) is 20.8 Å². The molecule has 1 aromatic rings. The second kappa shape index (κ2) is 5.92. The minimum absolute atomic E-state index is 0.0833. The van der Waals surface area contributed by atoms with Gasteiger partial charge >= 0.3 is 5.97 Å². The molecule has 1 rings (SSSR count). The van der Waals surface area contributed by atoms with E-state index in [1.165, 1.54) is 0 Å². The topological polar surface area (TPSA) is 59.7 Å². The summed E-state index contributed by atoms with van der Waals surface area (Å²) >= 11 is 0. The molecular formula is C14H24O4Si. The Bertz CT molecular complexity index is 404. The largest absolute Gasteiger partial charge is 0.481 e. The fourth-order valence-corrected chi connectivity index (χ4v) is 2.82. The van der Waals surface area contributed by atoms with Gasteiger partial charge in [-0.3, -0.25) is 4.79 Å². The maximum absolute atomic E-state index is 10.8. The average molecular weight is 284 g/mol. The second-order valence-corrected chi connectivity index (χ2v) is 11.1. The van der Waals surface area contributed by atoms with Crippen LogP contribution in [0.5, 0.6) is 0 Å². The van der Waals surface area contributed by atoms with Crippen molar-refractivity contribution < 1.29 is 18.7 Å². The van der Waals surface area contributed by atoms with Crippen molar-refractivity contribution in [2.24, 2.45) is 0 Å². The van der Waals surface area contributed by atoms with E-state index in [0.29, 0.717) is 12.2 Å². The Kier molecular flexibility index (Phi) is 4.98. The predicted octanol–water partition coefficient (Wildman–Crippen LogP) is 4.21. The molecule has 108 valence electrons. The maximum Gasteiger partial charge on any atom is 0.303 e. The second-order valence-electron chi connectivity index (χ2n) is 6.31. The van der Waals surface area contributed by atoms with Crippen molar-refractivity contribution in [2.75, 3.05) is 0 Å². The minimum atomic E-state index is -1.95. The van der Waals surface area contributed by atoms with E-state index >= 15 is 0 Å². The van der Waals surface area contributed by atoms with Gasteiger partial charge in [0.25, 0.3) is 0 Å². The van der Waals surface area contributed by atoms with Gasteiger partial charge in [-0.05, 0) is 36.7 Å². The molecule has 0 saturated carbocycles. The van der Waals surface area contributed by atoms with E-state index in [2.05, 4.69) is 33.9 Å². The van der Waals surface area contributed by atoms with Gasteiger partial charge in [0.05, 0.1) is 6.26 Å². The normalized spacial score (nSPS) is 14.4. The molecule has 1 atom stereocenters. The van der Waals surface area contributed by atoms with Gasteiger partial charge in [0, 0.05) is 6.42 Å². The Balaban J connectivity index is 2.83. The Hall–Kier alpha value is -1.07. The van der Waals surface area contributed by atoms with Crippen LogP contribution in [-0.4, -0.2) is 19.4 Å². The Morgan fingerprint density at radius 3 is 2.53 bits per heavy atom. The van der Waals surface area contributed by atoms with Gasteiger partial charge in [-0.15, -0.1) is 0 Å². The summed E-state index contributed by atoms with van der Waals surface area (Å²) in [4.78, 5) is 10.8. The van der Waals surface area contributed by atoms with Crippen molar-refractivity contribution in [3.8, 4) is 0 Å². The number of hydrogen-bond donors (Lipinski definition) is 1. The van der Waals surface area contributed by atoms with Gasteiger partial charge in [-0.25, -0.2) is 0 Å². The molecule has 0 aromatic carbocycles. The summed E-state index contributed by atoms with van der Waals surface area (Å²) in [5.74, 6) is -0.0959. The van der Waals surface area contributed by atoms with Crippen LogP contribution in [0.15, 0.2) is 22.8 Å². The van der Waals surface area contributed by atoms with Crippen LogP contribution in [0.3, 0.4) is 0 Å². The van der Waals surface area contributed by atoms with E-state index in [1.54, 1.807) is 12.3 Å². The highest BCUT2D eigenvalue weighted by atomic mass is 28.4. The smallest absolute Gasteiger partial charge is 0.303 e. The molecule has 0 bridgehead atoms. The molecule has 0 aliphatic heterocycles. The van der Waals surface area contributed by atoms with E-state index < -0.39 is 14.3 Å². The Morgan fingerprint density at radius 1 is 1.47 bits per heavy atom. The van der Waals surface area contributed by atoms with Crippen LogP contribution in [0, 0.1) is 0 Å². The van der Waals surface area contributed by atoms with Gasteiger partial charge < -0.3 is 13.9 Å². The zero-order chi connectivity index (χ0) is 14.7. The standard InChI is InChI=1S/C14H24O4Si/c1-14(2,3)19(4,5)18-12(8-9-13(15)16)11-7-6-10-17-11/h6-7,10,12H,8-9H2,1-5H3,(H,15,16). The highest BCUT2D eigenvalue weighted by molar-refractivity contribution is 6.74. The van der Waals surface area contributed by atoms with Crippen LogP contribution >= 0.6 is 0 Å². The van der Waals surface area contributed by atoms with Crippen LogP contribution in [0.4, 0.5) is 0 Å². The summed E-state index contributed by atoms with van der Waals surface area (Å²) < 4.78 is 11.7. The van der Waals surface area contributed by atoms with E-state index in [1.807, 2.05) is 6.07 Å². The van der Waals surface area contributed by atoms with Gasteiger partial charge in [-0.2, -0.15) is 0 Å². The lowest BCUT2D eigenvalue weighted by molar-refractivity contribution is -0.137. The summed E-state index contributed by atoms with van der Waals surface area (Å²) in [6, 6.07) is 3.65. The third kappa shape index (κ3) is 4.51. The zero-order valence-electron chi connectivity index (χ0n) is 12.4. The van der Waals surface area contributed by atoms with Crippen molar-refractivity contribution in [2.45, 2.75) is 57.8 Å². The van der Waals surface area contributed by atoms with Crippen LogP contribution in [-0.2, 0) is 9.22 Å². The predicted molar refractivity (Wildman–Crippen MR) is 76.6 cm³/mol. The molecule has 0 fully saturated rings. The first-order chi connectivity index (χ1) is 8.63. The van der Waals surface area contributed by atoms with E-state index in [0.717, 1.165) is 0 Å². The molecule has 1 heterocycles. The molecule has 1 aromatic heterocycles. The molecule has 4 nitrogen and oxygen atoms in total. The molecule has 5 heteroatoms. The van der Waals surface area contributed by atoms with Gasteiger partial charge in [0.15, 0.2) is 8.32 Å². The SMILES string of the molecule is CC(C)(C)[Si](C)(C)OC(CCC(=O)O)c1ccco1. The molecule has 19 heavy (non-hydrogen) atoms. The van der Waals surface area contributed by atoms with Crippen molar-refractivity contribution in [1.82, 2.24) is 0 Å². The monoisotopic (exact) mass is 284 g/mol. The molecule has 0 aliphatic rings. The van der Waals surface area contributed by atoms with Crippen LogP contribution in [0.2, 0.25) is 18.1 Å². The fraction of sp³-hybridized carbons (Fsp3) is 0.643. The first-order valence-electron chi connectivity index (χ1n) is 6.56. The Labute approximate surface area is 115 Å². The highest BCUT2D eigenvalue weighted by Crippen LogP contribution is 2.40. The van der Waals surface area contributed by atoms with E-state index in [9.17, 15) is 4.79 Å². The molecule has 0 spiro atoms. The summed E-state index contributed by atoms with van der Waals surface area (Å²) in [6.45, 7) is 10.8. The average Bonchev–Trinajstić information content (AvgIpc) is 2.75. The van der Waals surface area contributed by atoms with E-state index in [-0.39, 0.29) is 17.6 Å². The number of furan rings is 1. The maximum atomic E-state index is 10.8. The third-order valence-electron chi connectivity index (χ3n) is 3.72. The number of hydrogen-bond acceptors (Lipinski definition) is 3. The number of carbonyl (C=O) groups is 1. The van der Waals surface area contributed by atoms with Crippen molar-refractivity contribution >= 4 is 14.3 Å². The van der Waals surface area contributed by atoms with Crippen LogP contribution in [0.25, 0.3) is 0 Å². The molecule has 0 amide bonds.